The first-order valence-electron chi connectivity index (χ1n) is 7.47. The molecule has 3 rings (SSSR count). The molecule has 2 nitrogen and oxygen atoms in total. The van der Waals surface area contributed by atoms with Gasteiger partial charge in [0.05, 0.1) is 19.1 Å². The van der Waals surface area contributed by atoms with Gasteiger partial charge >= 0.3 is 0 Å². The van der Waals surface area contributed by atoms with Gasteiger partial charge in [-0.1, -0.05) is 48.0 Å². The van der Waals surface area contributed by atoms with Crippen molar-refractivity contribution in [2.24, 2.45) is 0 Å². The van der Waals surface area contributed by atoms with Crippen LogP contribution in [0.3, 0.4) is 0 Å². The minimum absolute atomic E-state index is 0.719. The number of aromatic amines is 1. The van der Waals surface area contributed by atoms with E-state index in [9.17, 15) is 0 Å². The van der Waals surface area contributed by atoms with E-state index < -0.39 is 0 Å². The highest BCUT2D eigenvalue weighted by Crippen LogP contribution is 2.33. The summed E-state index contributed by atoms with van der Waals surface area (Å²) in [5.74, 6) is 0. The van der Waals surface area contributed by atoms with Crippen LogP contribution in [0.25, 0.3) is 22.6 Å². The Morgan fingerprint density at radius 2 is 1.91 bits per heavy atom. The topological polar surface area (TPSA) is 25.0 Å². The molecule has 1 heterocycles. The molecule has 0 saturated heterocycles. The molecule has 0 aliphatic carbocycles. The minimum atomic E-state index is 0.719. The molecule has 0 radical (unpaired) electrons. The SMILES string of the molecule is C/C=C(\c1ccccc1)c1[nH]c2ccc(Cl)cc2c1/C=C/OC. The maximum atomic E-state index is 6.18. The largest absolute Gasteiger partial charge is 0.504 e. The predicted molar refractivity (Wildman–Crippen MR) is 98.5 cm³/mol. The number of nitrogens with one attached hydrogen (secondary N) is 1. The fourth-order valence-electron chi connectivity index (χ4n) is 2.78. The maximum Gasteiger partial charge on any atom is 0.0831 e. The minimum Gasteiger partial charge on any atom is -0.504 e. The summed E-state index contributed by atoms with van der Waals surface area (Å²) in [5, 5.41) is 1.80. The molecule has 0 fully saturated rings. The fraction of sp³-hybridized carbons (Fsp3) is 0.100. The van der Waals surface area contributed by atoms with Gasteiger partial charge in [0, 0.05) is 27.1 Å². The van der Waals surface area contributed by atoms with Gasteiger partial charge in [-0.3, -0.25) is 0 Å². The van der Waals surface area contributed by atoms with E-state index in [4.69, 9.17) is 16.3 Å². The summed E-state index contributed by atoms with van der Waals surface area (Å²) in [7, 11) is 1.64. The number of halogens is 1. The van der Waals surface area contributed by atoms with Crippen molar-refractivity contribution in [1.82, 2.24) is 4.98 Å². The number of hydrogen-bond donors (Lipinski definition) is 1. The fourth-order valence-corrected chi connectivity index (χ4v) is 2.95. The zero-order valence-corrected chi connectivity index (χ0v) is 13.9. The van der Waals surface area contributed by atoms with Crippen molar-refractivity contribution in [3.63, 3.8) is 0 Å². The van der Waals surface area contributed by atoms with Gasteiger partial charge in [0.25, 0.3) is 0 Å². The summed E-state index contributed by atoms with van der Waals surface area (Å²) < 4.78 is 5.12. The van der Waals surface area contributed by atoms with Crippen molar-refractivity contribution in [3.05, 3.63) is 82.7 Å². The number of ether oxygens (including phenoxy) is 1. The van der Waals surface area contributed by atoms with Gasteiger partial charge in [-0.2, -0.15) is 0 Å². The van der Waals surface area contributed by atoms with E-state index in [0.717, 1.165) is 32.8 Å². The number of benzene rings is 2. The molecule has 3 heteroatoms. The monoisotopic (exact) mass is 323 g/mol. The second-order valence-corrected chi connectivity index (χ2v) is 5.65. The summed E-state index contributed by atoms with van der Waals surface area (Å²) in [5.41, 5.74) is 5.49. The third-order valence-corrected chi connectivity index (χ3v) is 4.05. The van der Waals surface area contributed by atoms with E-state index >= 15 is 0 Å². The molecule has 0 aliphatic heterocycles. The van der Waals surface area contributed by atoms with E-state index in [0.29, 0.717) is 0 Å². The molecule has 0 spiro atoms. The molecule has 2 aromatic carbocycles. The Morgan fingerprint density at radius 1 is 1.13 bits per heavy atom. The van der Waals surface area contributed by atoms with Crippen molar-refractivity contribution in [1.29, 1.82) is 0 Å². The van der Waals surface area contributed by atoms with Crippen molar-refractivity contribution in [2.75, 3.05) is 7.11 Å². The van der Waals surface area contributed by atoms with Crippen LogP contribution < -0.4 is 0 Å². The van der Waals surface area contributed by atoms with Crippen molar-refractivity contribution in [3.8, 4) is 0 Å². The highest BCUT2D eigenvalue weighted by Gasteiger charge is 2.14. The first-order chi connectivity index (χ1) is 11.2. The molecule has 0 saturated carbocycles. The van der Waals surface area contributed by atoms with E-state index in [1.807, 2.05) is 49.4 Å². The van der Waals surface area contributed by atoms with Crippen molar-refractivity contribution in [2.45, 2.75) is 6.92 Å². The van der Waals surface area contributed by atoms with Crippen LogP contribution in [0.2, 0.25) is 5.02 Å². The molecule has 0 bridgehead atoms. The maximum absolute atomic E-state index is 6.18. The summed E-state index contributed by atoms with van der Waals surface area (Å²) >= 11 is 6.18. The lowest BCUT2D eigenvalue weighted by molar-refractivity contribution is 0.341. The molecule has 0 amide bonds. The Kier molecular flexibility index (Phi) is 4.54. The van der Waals surface area contributed by atoms with E-state index in [1.165, 1.54) is 5.56 Å². The number of rotatable bonds is 4. The molecule has 1 aromatic heterocycles. The normalized spacial score (nSPS) is 12.2. The van der Waals surface area contributed by atoms with Crippen LogP contribution in [0, 0.1) is 0 Å². The Hall–Kier alpha value is -2.45. The molecule has 1 N–H and O–H groups in total. The smallest absolute Gasteiger partial charge is 0.0831 e. The van der Waals surface area contributed by atoms with Gasteiger partial charge in [0.2, 0.25) is 0 Å². The third-order valence-electron chi connectivity index (χ3n) is 3.81. The number of fused-ring (bicyclic) bond motifs is 1. The Bertz CT molecular complexity index is 875. The first kappa shape index (κ1) is 15.4. The Morgan fingerprint density at radius 3 is 2.61 bits per heavy atom. The summed E-state index contributed by atoms with van der Waals surface area (Å²) in [6.45, 7) is 2.05. The molecule has 3 aromatic rings. The van der Waals surface area contributed by atoms with Gasteiger partial charge < -0.3 is 9.72 Å². The highest BCUT2D eigenvalue weighted by atomic mass is 35.5. The number of aromatic nitrogens is 1. The molecule has 0 aliphatic rings. The van der Waals surface area contributed by atoms with Crippen molar-refractivity contribution < 1.29 is 4.74 Å². The third kappa shape index (κ3) is 3.03. The molecular weight excluding hydrogens is 306 g/mol. The van der Waals surface area contributed by atoms with Gasteiger partial charge in [0.1, 0.15) is 0 Å². The van der Waals surface area contributed by atoms with Crippen LogP contribution in [-0.4, -0.2) is 12.1 Å². The van der Waals surface area contributed by atoms with Gasteiger partial charge in [-0.15, -0.1) is 0 Å². The summed E-state index contributed by atoms with van der Waals surface area (Å²) in [4.78, 5) is 3.52. The molecular formula is C20H18ClNO. The number of hydrogen-bond acceptors (Lipinski definition) is 1. The van der Waals surface area contributed by atoms with Crippen LogP contribution >= 0.6 is 11.6 Å². The lowest BCUT2D eigenvalue weighted by Gasteiger charge is -2.07. The van der Waals surface area contributed by atoms with Crippen LogP contribution in [0.5, 0.6) is 0 Å². The first-order valence-corrected chi connectivity index (χ1v) is 7.85. The van der Waals surface area contributed by atoms with E-state index in [2.05, 4.69) is 23.2 Å². The van der Waals surface area contributed by atoms with Gasteiger partial charge in [0.15, 0.2) is 0 Å². The quantitative estimate of drug-likeness (QED) is 0.595. The summed E-state index contributed by atoms with van der Waals surface area (Å²) in [6, 6.07) is 16.2. The van der Waals surface area contributed by atoms with E-state index in [1.54, 1.807) is 13.4 Å². The van der Waals surface area contributed by atoms with E-state index in [-0.39, 0.29) is 0 Å². The van der Waals surface area contributed by atoms with Gasteiger partial charge in [-0.05, 0) is 36.8 Å². The molecule has 23 heavy (non-hydrogen) atoms. The standard InChI is InChI=1S/C20H18ClNO/c1-3-16(14-7-5-4-6-8-14)20-17(11-12-23-2)18-13-15(21)9-10-19(18)22-20/h3-13,22H,1-2H3/b12-11+,16-3+. The number of H-pyrrole nitrogens is 1. The lowest BCUT2D eigenvalue weighted by atomic mass is 9.98. The van der Waals surface area contributed by atoms with Crippen molar-refractivity contribution >= 4 is 34.2 Å². The highest BCUT2D eigenvalue weighted by molar-refractivity contribution is 6.31. The molecule has 0 unspecified atom stereocenters. The average Bonchev–Trinajstić information content (AvgIpc) is 2.92. The summed E-state index contributed by atoms with van der Waals surface area (Å²) in [6.07, 6.45) is 5.77. The Labute approximate surface area is 141 Å². The van der Waals surface area contributed by atoms with Crippen LogP contribution in [0.15, 0.2) is 60.9 Å². The zero-order chi connectivity index (χ0) is 16.2. The van der Waals surface area contributed by atoms with Crippen LogP contribution in [0.1, 0.15) is 23.7 Å². The average molecular weight is 324 g/mol. The number of methoxy groups -OCH3 is 1. The molecule has 0 atom stereocenters. The zero-order valence-electron chi connectivity index (χ0n) is 13.1. The number of allylic oxidation sites excluding steroid dienone is 1. The predicted octanol–water partition coefficient (Wildman–Crippen LogP) is 5.89. The second kappa shape index (κ2) is 6.76. The lowest BCUT2D eigenvalue weighted by Crippen LogP contribution is -1.90. The second-order valence-electron chi connectivity index (χ2n) is 5.21. The molecule has 116 valence electrons. The Balaban J connectivity index is 2.25. The van der Waals surface area contributed by atoms with Gasteiger partial charge in [-0.25, -0.2) is 0 Å². The van der Waals surface area contributed by atoms with Crippen LogP contribution in [0.4, 0.5) is 0 Å². The van der Waals surface area contributed by atoms with Crippen LogP contribution in [-0.2, 0) is 4.74 Å².